The lowest BCUT2D eigenvalue weighted by Crippen LogP contribution is -2.30. The van der Waals surface area contributed by atoms with Crippen LogP contribution in [0.1, 0.15) is 30.5 Å². The summed E-state index contributed by atoms with van der Waals surface area (Å²) in [6.45, 7) is 6.36. The third-order valence-electron chi connectivity index (χ3n) is 2.81. The highest BCUT2D eigenvalue weighted by Crippen LogP contribution is 2.41. The van der Waals surface area contributed by atoms with E-state index in [9.17, 15) is 5.11 Å². The first-order valence-corrected chi connectivity index (χ1v) is 5.19. The van der Waals surface area contributed by atoms with E-state index in [1.54, 1.807) is 0 Å². The molecule has 0 saturated carbocycles. The first kappa shape index (κ1) is 10.3. The van der Waals surface area contributed by atoms with Crippen LogP contribution in [0, 0.1) is 6.92 Å². The van der Waals surface area contributed by atoms with Crippen molar-refractivity contribution in [2.24, 2.45) is 5.73 Å². The summed E-state index contributed by atoms with van der Waals surface area (Å²) in [5.41, 5.74) is 8.26. The molecule has 15 heavy (non-hydrogen) atoms. The number of hydrogen-bond acceptors (Lipinski definition) is 3. The molecule has 3 N–H and O–H groups in total. The molecule has 2 rings (SSSR count). The second-order valence-electron chi connectivity index (χ2n) is 4.71. The number of fused-ring (bicyclic) bond motifs is 1. The summed E-state index contributed by atoms with van der Waals surface area (Å²) in [5.74, 6) is 1.19. The number of phenolic OH excluding ortho intramolecular Hbond substituents is 1. The molecule has 0 aliphatic carbocycles. The van der Waals surface area contributed by atoms with Crippen molar-refractivity contribution >= 4 is 0 Å². The van der Waals surface area contributed by atoms with Gasteiger partial charge in [0.1, 0.15) is 11.5 Å². The summed E-state index contributed by atoms with van der Waals surface area (Å²) in [5, 5.41) is 10.1. The molecule has 0 aromatic heterocycles. The molecule has 0 saturated heterocycles. The van der Waals surface area contributed by atoms with Gasteiger partial charge in [-0.3, -0.25) is 0 Å². The number of nitrogens with two attached hydrogens (primary N) is 1. The summed E-state index contributed by atoms with van der Waals surface area (Å²) in [6, 6.07) is 1.88. The summed E-state index contributed by atoms with van der Waals surface area (Å²) >= 11 is 0. The maximum atomic E-state index is 10.1. The summed E-state index contributed by atoms with van der Waals surface area (Å²) in [6.07, 6.45) is 0.832. The van der Waals surface area contributed by atoms with Crippen LogP contribution in [0.3, 0.4) is 0 Å². The van der Waals surface area contributed by atoms with E-state index in [4.69, 9.17) is 10.5 Å². The number of ether oxygens (including phenoxy) is 1. The molecule has 0 radical (unpaired) electrons. The van der Waals surface area contributed by atoms with Crippen LogP contribution in [0.5, 0.6) is 11.5 Å². The first-order chi connectivity index (χ1) is 6.91. The van der Waals surface area contributed by atoms with Crippen molar-refractivity contribution < 1.29 is 9.84 Å². The van der Waals surface area contributed by atoms with Crippen LogP contribution < -0.4 is 10.5 Å². The van der Waals surface area contributed by atoms with Crippen LogP contribution in [0.2, 0.25) is 0 Å². The molecule has 0 unspecified atom stereocenters. The quantitative estimate of drug-likeness (QED) is 0.738. The van der Waals surface area contributed by atoms with Gasteiger partial charge in [0.15, 0.2) is 0 Å². The SMILES string of the molecule is Cc1cc2c(c(C(C)(C)N)c1O)CCO2. The minimum Gasteiger partial charge on any atom is -0.507 e. The molecular formula is C12H17NO2. The Morgan fingerprint density at radius 2 is 2.13 bits per heavy atom. The third-order valence-corrected chi connectivity index (χ3v) is 2.81. The highest BCUT2D eigenvalue weighted by molar-refractivity contribution is 5.56. The van der Waals surface area contributed by atoms with Gasteiger partial charge in [-0.15, -0.1) is 0 Å². The normalized spacial score (nSPS) is 14.9. The van der Waals surface area contributed by atoms with Gasteiger partial charge in [-0.25, -0.2) is 0 Å². The molecule has 1 aliphatic rings. The zero-order valence-corrected chi connectivity index (χ0v) is 9.42. The Kier molecular flexibility index (Phi) is 2.15. The van der Waals surface area contributed by atoms with Gasteiger partial charge in [0.25, 0.3) is 0 Å². The average Bonchev–Trinajstić information content (AvgIpc) is 2.50. The van der Waals surface area contributed by atoms with Crippen LogP contribution in [0.15, 0.2) is 6.07 Å². The molecule has 1 aromatic carbocycles. The van der Waals surface area contributed by atoms with Crippen molar-refractivity contribution in [3.63, 3.8) is 0 Å². The van der Waals surface area contributed by atoms with Crippen LogP contribution in [-0.4, -0.2) is 11.7 Å². The molecule has 1 aliphatic heterocycles. The third kappa shape index (κ3) is 1.57. The van der Waals surface area contributed by atoms with Gasteiger partial charge < -0.3 is 15.6 Å². The van der Waals surface area contributed by atoms with Crippen molar-refractivity contribution in [2.75, 3.05) is 6.61 Å². The lowest BCUT2D eigenvalue weighted by atomic mass is 9.87. The predicted molar refractivity (Wildman–Crippen MR) is 59.3 cm³/mol. The Labute approximate surface area is 89.9 Å². The molecule has 3 heteroatoms. The second-order valence-corrected chi connectivity index (χ2v) is 4.71. The van der Waals surface area contributed by atoms with E-state index in [0.717, 1.165) is 28.9 Å². The molecule has 1 heterocycles. The largest absolute Gasteiger partial charge is 0.507 e. The number of rotatable bonds is 1. The minimum absolute atomic E-state index is 0.312. The molecular weight excluding hydrogens is 190 g/mol. The average molecular weight is 207 g/mol. The summed E-state index contributed by atoms with van der Waals surface area (Å²) in [4.78, 5) is 0. The van der Waals surface area contributed by atoms with Crippen LogP contribution in [-0.2, 0) is 12.0 Å². The Bertz CT molecular complexity index is 405. The first-order valence-electron chi connectivity index (χ1n) is 5.19. The van der Waals surface area contributed by atoms with Gasteiger partial charge in [0.05, 0.1) is 6.61 Å². The van der Waals surface area contributed by atoms with Crippen LogP contribution >= 0.6 is 0 Å². The zero-order valence-electron chi connectivity index (χ0n) is 9.42. The van der Waals surface area contributed by atoms with E-state index < -0.39 is 5.54 Å². The van der Waals surface area contributed by atoms with E-state index in [0.29, 0.717) is 12.4 Å². The molecule has 0 amide bonds. The standard InChI is InChI=1S/C12H17NO2/c1-7-6-9-8(4-5-15-9)10(11(7)14)12(2,3)13/h6,14H,4-5,13H2,1-3H3. The van der Waals surface area contributed by atoms with Gasteiger partial charge in [0, 0.05) is 23.1 Å². The molecule has 1 aromatic rings. The number of aryl methyl sites for hydroxylation is 1. The smallest absolute Gasteiger partial charge is 0.124 e. The van der Waals surface area contributed by atoms with Crippen molar-refractivity contribution in [3.8, 4) is 11.5 Å². The molecule has 3 nitrogen and oxygen atoms in total. The lowest BCUT2D eigenvalue weighted by Gasteiger charge is -2.24. The highest BCUT2D eigenvalue weighted by atomic mass is 16.5. The monoisotopic (exact) mass is 207 g/mol. The van der Waals surface area contributed by atoms with E-state index in [1.807, 2.05) is 26.8 Å². The number of aromatic hydroxyl groups is 1. The molecule has 0 atom stereocenters. The maximum Gasteiger partial charge on any atom is 0.124 e. The Balaban J connectivity index is 2.71. The molecule has 0 bridgehead atoms. The number of benzene rings is 1. The Morgan fingerprint density at radius 3 is 2.73 bits per heavy atom. The van der Waals surface area contributed by atoms with Gasteiger partial charge in [0.2, 0.25) is 0 Å². The van der Waals surface area contributed by atoms with E-state index in [2.05, 4.69) is 0 Å². The van der Waals surface area contributed by atoms with E-state index in [1.165, 1.54) is 0 Å². The summed E-state index contributed by atoms with van der Waals surface area (Å²) in [7, 11) is 0. The van der Waals surface area contributed by atoms with Gasteiger partial charge >= 0.3 is 0 Å². The zero-order chi connectivity index (χ0) is 11.2. The number of phenols is 1. The highest BCUT2D eigenvalue weighted by Gasteiger charge is 2.28. The number of hydrogen-bond donors (Lipinski definition) is 2. The summed E-state index contributed by atoms with van der Waals surface area (Å²) < 4.78 is 5.50. The van der Waals surface area contributed by atoms with E-state index in [-0.39, 0.29) is 0 Å². The van der Waals surface area contributed by atoms with Crippen molar-refractivity contribution in [1.82, 2.24) is 0 Å². The van der Waals surface area contributed by atoms with Crippen molar-refractivity contribution in [3.05, 3.63) is 22.8 Å². The molecule has 82 valence electrons. The maximum absolute atomic E-state index is 10.1. The molecule has 0 fully saturated rings. The van der Waals surface area contributed by atoms with Crippen molar-refractivity contribution in [1.29, 1.82) is 0 Å². The predicted octanol–water partition coefficient (Wildman–Crippen LogP) is 1.83. The second kappa shape index (κ2) is 3.14. The van der Waals surface area contributed by atoms with Crippen LogP contribution in [0.4, 0.5) is 0 Å². The fraction of sp³-hybridized carbons (Fsp3) is 0.500. The topological polar surface area (TPSA) is 55.5 Å². The molecule has 0 spiro atoms. The Hall–Kier alpha value is -1.22. The van der Waals surface area contributed by atoms with Crippen molar-refractivity contribution in [2.45, 2.75) is 32.7 Å². The van der Waals surface area contributed by atoms with Crippen LogP contribution in [0.25, 0.3) is 0 Å². The van der Waals surface area contributed by atoms with Gasteiger partial charge in [-0.05, 0) is 32.4 Å². The Morgan fingerprint density at radius 1 is 1.47 bits per heavy atom. The lowest BCUT2D eigenvalue weighted by molar-refractivity contribution is 0.356. The van der Waals surface area contributed by atoms with Gasteiger partial charge in [-0.1, -0.05) is 0 Å². The van der Waals surface area contributed by atoms with E-state index >= 15 is 0 Å². The van der Waals surface area contributed by atoms with Gasteiger partial charge in [-0.2, -0.15) is 0 Å². The fourth-order valence-electron chi connectivity index (χ4n) is 2.15. The minimum atomic E-state index is -0.534. The fourth-order valence-corrected chi connectivity index (χ4v) is 2.15.